The Balaban J connectivity index is 1.92. The van der Waals surface area contributed by atoms with Crippen molar-refractivity contribution < 1.29 is 9.90 Å². The molecule has 1 aliphatic carbocycles. The molecule has 1 aliphatic rings. The fraction of sp³-hybridized carbons (Fsp3) is 0.588. The van der Waals surface area contributed by atoms with Gasteiger partial charge in [0, 0.05) is 24.4 Å². The van der Waals surface area contributed by atoms with E-state index < -0.39 is 0 Å². The molecule has 2 amide bonds. The second kappa shape index (κ2) is 8.44. The second-order valence-corrected chi connectivity index (χ2v) is 7.09. The first-order chi connectivity index (χ1) is 10.6. The van der Waals surface area contributed by atoms with Crippen LogP contribution >= 0.6 is 11.8 Å². The van der Waals surface area contributed by atoms with Crippen LogP contribution in [0.25, 0.3) is 0 Å². The number of carbonyl (C=O) groups excluding carboxylic acids is 1. The lowest BCUT2D eigenvalue weighted by atomic mass is 10.1. The summed E-state index contributed by atoms with van der Waals surface area (Å²) < 4.78 is 0. The molecule has 2 atom stereocenters. The number of thioether (sulfide) groups is 1. The van der Waals surface area contributed by atoms with Gasteiger partial charge in [0.05, 0.1) is 6.61 Å². The number of hydrogen-bond acceptors (Lipinski definition) is 3. The molecule has 1 aromatic carbocycles. The van der Waals surface area contributed by atoms with Crippen LogP contribution in [0.1, 0.15) is 30.4 Å². The van der Waals surface area contributed by atoms with Crippen LogP contribution in [0.3, 0.4) is 0 Å². The third-order valence-corrected chi connectivity index (χ3v) is 5.29. The molecule has 1 aromatic rings. The predicted molar refractivity (Wildman–Crippen MR) is 92.1 cm³/mol. The normalized spacial score (nSPS) is 20.9. The minimum absolute atomic E-state index is 0.0165. The lowest BCUT2D eigenvalue weighted by molar-refractivity contribution is 0.171. The molecule has 0 unspecified atom stereocenters. The highest BCUT2D eigenvalue weighted by atomic mass is 32.2. The van der Waals surface area contributed by atoms with E-state index in [1.54, 1.807) is 4.90 Å². The van der Waals surface area contributed by atoms with E-state index in [0.29, 0.717) is 18.3 Å². The highest BCUT2D eigenvalue weighted by molar-refractivity contribution is 7.99. The van der Waals surface area contributed by atoms with E-state index in [0.717, 1.165) is 18.4 Å². The van der Waals surface area contributed by atoms with Gasteiger partial charge in [-0.15, -0.1) is 0 Å². The third kappa shape index (κ3) is 4.92. The summed E-state index contributed by atoms with van der Waals surface area (Å²) in [4.78, 5) is 14.1. The van der Waals surface area contributed by atoms with Crippen molar-refractivity contribution in [3.8, 4) is 0 Å². The molecule has 0 bridgehead atoms. The quantitative estimate of drug-likeness (QED) is 0.847. The Kier molecular flexibility index (Phi) is 6.58. The number of nitrogens with zero attached hydrogens (tertiary/aromatic N) is 1. The largest absolute Gasteiger partial charge is 0.395 e. The first-order valence-corrected chi connectivity index (χ1v) is 9.15. The van der Waals surface area contributed by atoms with Crippen LogP contribution in [0, 0.1) is 6.92 Å². The number of amides is 2. The van der Waals surface area contributed by atoms with Crippen LogP contribution in [0.15, 0.2) is 24.3 Å². The summed E-state index contributed by atoms with van der Waals surface area (Å²) in [7, 11) is 0. The summed E-state index contributed by atoms with van der Waals surface area (Å²) in [6.45, 7) is 2.92. The second-order valence-electron chi connectivity index (χ2n) is 5.95. The predicted octanol–water partition coefficient (Wildman–Crippen LogP) is 2.78. The Morgan fingerprint density at radius 2 is 2.09 bits per heavy atom. The standard InChI is InChI=1S/C17H26N2O2S/c1-13-3-5-14(6-4-13)12-19(9-10-20)17(21)18-15-7-8-16(11-15)22-2/h3-6,15-16,20H,7-12H2,1-2H3,(H,18,21)/t15-,16-/m1/s1. The van der Waals surface area contributed by atoms with E-state index >= 15 is 0 Å². The summed E-state index contributed by atoms with van der Waals surface area (Å²) in [6.07, 6.45) is 5.40. The van der Waals surface area contributed by atoms with Crippen LogP contribution in [0.4, 0.5) is 4.79 Å². The molecule has 1 saturated carbocycles. The number of carbonyl (C=O) groups is 1. The molecule has 0 aliphatic heterocycles. The first kappa shape index (κ1) is 17.2. The molecule has 2 rings (SSSR count). The number of aryl methyl sites for hydroxylation is 1. The minimum atomic E-state index is -0.0682. The summed E-state index contributed by atoms with van der Waals surface area (Å²) in [5.41, 5.74) is 2.29. The van der Waals surface area contributed by atoms with Gasteiger partial charge in [-0.3, -0.25) is 0 Å². The van der Waals surface area contributed by atoms with E-state index in [9.17, 15) is 9.90 Å². The molecule has 4 nitrogen and oxygen atoms in total. The van der Waals surface area contributed by atoms with Crippen molar-refractivity contribution in [2.24, 2.45) is 0 Å². The van der Waals surface area contributed by atoms with Gasteiger partial charge in [-0.05, 0) is 38.0 Å². The molecule has 1 fully saturated rings. The van der Waals surface area contributed by atoms with E-state index in [2.05, 4.69) is 11.6 Å². The first-order valence-electron chi connectivity index (χ1n) is 7.87. The summed E-state index contributed by atoms with van der Waals surface area (Å²) in [5, 5.41) is 13.0. The van der Waals surface area contributed by atoms with Gasteiger partial charge in [0.2, 0.25) is 0 Å². The van der Waals surface area contributed by atoms with Crippen LogP contribution < -0.4 is 5.32 Å². The minimum Gasteiger partial charge on any atom is -0.395 e. The van der Waals surface area contributed by atoms with E-state index in [1.165, 1.54) is 12.0 Å². The highest BCUT2D eigenvalue weighted by Crippen LogP contribution is 2.28. The molecule has 22 heavy (non-hydrogen) atoms. The molecule has 0 spiro atoms. The van der Waals surface area contributed by atoms with E-state index in [-0.39, 0.29) is 18.7 Å². The number of nitrogens with one attached hydrogen (secondary N) is 1. The van der Waals surface area contributed by atoms with Crippen molar-refractivity contribution in [3.05, 3.63) is 35.4 Å². The Morgan fingerprint density at radius 3 is 2.68 bits per heavy atom. The van der Waals surface area contributed by atoms with E-state index in [1.807, 2.05) is 43.0 Å². The van der Waals surface area contributed by atoms with Gasteiger partial charge >= 0.3 is 6.03 Å². The zero-order chi connectivity index (χ0) is 15.9. The van der Waals surface area contributed by atoms with Crippen LogP contribution in [0.2, 0.25) is 0 Å². The monoisotopic (exact) mass is 322 g/mol. The van der Waals surface area contributed by atoms with Crippen molar-refractivity contribution in [2.45, 2.75) is 44.0 Å². The lowest BCUT2D eigenvalue weighted by Crippen LogP contribution is -2.44. The Morgan fingerprint density at radius 1 is 1.36 bits per heavy atom. The van der Waals surface area contributed by atoms with Crippen LogP contribution in [-0.4, -0.2) is 46.7 Å². The van der Waals surface area contributed by atoms with Crippen molar-refractivity contribution in [1.29, 1.82) is 0 Å². The van der Waals surface area contributed by atoms with Crippen LogP contribution in [-0.2, 0) is 6.54 Å². The summed E-state index contributed by atoms with van der Waals surface area (Å²) in [5.74, 6) is 0. The molecule has 0 saturated heterocycles. The molecule has 2 N–H and O–H groups in total. The lowest BCUT2D eigenvalue weighted by Gasteiger charge is -2.24. The molecule has 0 heterocycles. The zero-order valence-corrected chi connectivity index (χ0v) is 14.2. The Hall–Kier alpha value is -1.20. The summed E-state index contributed by atoms with van der Waals surface area (Å²) in [6, 6.07) is 8.36. The molecule has 0 radical (unpaired) electrons. The number of hydrogen-bond donors (Lipinski definition) is 2. The molecule has 5 heteroatoms. The topological polar surface area (TPSA) is 52.6 Å². The SMILES string of the molecule is CS[C@@H]1CC[C@@H](NC(=O)N(CCO)Cc2ccc(C)cc2)C1. The maximum Gasteiger partial charge on any atom is 0.317 e. The maximum atomic E-state index is 12.5. The smallest absolute Gasteiger partial charge is 0.317 e. The van der Waals surface area contributed by atoms with Gasteiger partial charge in [-0.1, -0.05) is 29.8 Å². The van der Waals surface area contributed by atoms with Gasteiger partial charge in [0.15, 0.2) is 0 Å². The number of benzene rings is 1. The van der Waals surface area contributed by atoms with Crippen molar-refractivity contribution in [2.75, 3.05) is 19.4 Å². The average molecular weight is 322 g/mol. The third-order valence-electron chi connectivity index (χ3n) is 4.20. The molecular formula is C17H26N2O2S. The average Bonchev–Trinajstić information content (AvgIpc) is 2.96. The van der Waals surface area contributed by atoms with Crippen LogP contribution in [0.5, 0.6) is 0 Å². The molecule has 122 valence electrons. The fourth-order valence-electron chi connectivity index (χ4n) is 2.84. The van der Waals surface area contributed by atoms with Gasteiger partial charge in [0.25, 0.3) is 0 Å². The van der Waals surface area contributed by atoms with Crippen molar-refractivity contribution in [3.63, 3.8) is 0 Å². The van der Waals surface area contributed by atoms with Crippen molar-refractivity contribution >= 4 is 17.8 Å². The number of rotatable bonds is 6. The number of aliphatic hydroxyl groups excluding tert-OH is 1. The summed E-state index contributed by atoms with van der Waals surface area (Å²) >= 11 is 1.88. The van der Waals surface area contributed by atoms with Crippen molar-refractivity contribution in [1.82, 2.24) is 10.2 Å². The van der Waals surface area contributed by atoms with Gasteiger partial charge in [-0.25, -0.2) is 4.79 Å². The zero-order valence-electron chi connectivity index (χ0n) is 13.4. The Bertz CT molecular complexity index is 478. The van der Waals surface area contributed by atoms with Gasteiger partial charge < -0.3 is 15.3 Å². The fourth-order valence-corrected chi connectivity index (χ4v) is 3.63. The Labute approximate surface area is 137 Å². The number of urea groups is 1. The number of aliphatic hydroxyl groups is 1. The molecule has 0 aromatic heterocycles. The highest BCUT2D eigenvalue weighted by Gasteiger charge is 2.26. The van der Waals surface area contributed by atoms with Gasteiger partial charge in [0.1, 0.15) is 0 Å². The molecular weight excluding hydrogens is 296 g/mol. The maximum absolute atomic E-state index is 12.5. The van der Waals surface area contributed by atoms with E-state index in [4.69, 9.17) is 0 Å². The van der Waals surface area contributed by atoms with Gasteiger partial charge in [-0.2, -0.15) is 11.8 Å².